The minimum Gasteiger partial charge on any atom is -0.378 e. The fraction of sp³-hybridized carbons (Fsp3) is 0.400. The predicted molar refractivity (Wildman–Crippen MR) is 115 cm³/mol. The molecule has 1 saturated heterocycles. The first-order chi connectivity index (χ1) is 14.2. The molecule has 0 bridgehead atoms. The minimum atomic E-state index is -0.201. The van der Waals surface area contributed by atoms with Gasteiger partial charge in [-0.1, -0.05) is 12.1 Å². The van der Waals surface area contributed by atoms with Gasteiger partial charge < -0.3 is 14.5 Å². The number of anilines is 2. The van der Waals surface area contributed by atoms with Gasteiger partial charge in [0.2, 0.25) is 5.91 Å². The number of morpholine rings is 1. The van der Waals surface area contributed by atoms with Gasteiger partial charge in [0.15, 0.2) is 5.13 Å². The number of nitriles is 1. The summed E-state index contributed by atoms with van der Waals surface area (Å²) in [5, 5.41) is 15.5. The first-order valence-electron chi connectivity index (χ1n) is 9.43. The van der Waals surface area contributed by atoms with Crippen LogP contribution in [0, 0.1) is 11.3 Å². The van der Waals surface area contributed by atoms with Gasteiger partial charge in [0.1, 0.15) is 0 Å². The first-order valence-corrected chi connectivity index (χ1v) is 10.3. The number of hydrogen-bond acceptors (Lipinski definition) is 8. The number of ether oxygens (including phenoxy) is 1. The molecule has 0 saturated carbocycles. The van der Waals surface area contributed by atoms with E-state index < -0.39 is 0 Å². The summed E-state index contributed by atoms with van der Waals surface area (Å²) in [6.45, 7) is 3.76. The Morgan fingerprint density at radius 3 is 2.90 bits per heavy atom. The average molecular weight is 413 g/mol. The summed E-state index contributed by atoms with van der Waals surface area (Å²) in [7, 11) is 1.95. The Hall–Kier alpha value is -2.96. The molecule has 1 aliphatic rings. The van der Waals surface area contributed by atoms with E-state index in [1.165, 1.54) is 0 Å². The van der Waals surface area contributed by atoms with E-state index in [0.29, 0.717) is 26.2 Å². The number of aromatic nitrogens is 1. The summed E-state index contributed by atoms with van der Waals surface area (Å²) in [5.74, 6) is -0.201. The molecule has 29 heavy (non-hydrogen) atoms. The fourth-order valence-electron chi connectivity index (χ4n) is 2.82. The standard InChI is InChI=1S/C20H24N6O2S/c1-25(8-2-7-21)18-5-3-16(4-6-18)14-22-24-19(27)13-17-15-29-20(23-17)26-9-11-28-12-10-26/h3-6,14-15H,2,8-13H2,1H3,(H,24,27)/b22-14-. The van der Waals surface area contributed by atoms with Gasteiger partial charge in [-0.3, -0.25) is 4.79 Å². The zero-order chi connectivity index (χ0) is 20.5. The summed E-state index contributed by atoms with van der Waals surface area (Å²) in [4.78, 5) is 20.8. The molecule has 2 heterocycles. The van der Waals surface area contributed by atoms with E-state index in [4.69, 9.17) is 10.00 Å². The van der Waals surface area contributed by atoms with E-state index in [0.717, 1.165) is 35.2 Å². The van der Waals surface area contributed by atoms with E-state index in [1.807, 2.05) is 41.6 Å². The van der Waals surface area contributed by atoms with Crippen LogP contribution in [0.4, 0.5) is 10.8 Å². The predicted octanol–water partition coefficient (Wildman–Crippen LogP) is 2.02. The molecule has 0 radical (unpaired) electrons. The second-order valence-electron chi connectivity index (χ2n) is 6.61. The maximum Gasteiger partial charge on any atom is 0.246 e. The Labute approximate surface area is 174 Å². The lowest BCUT2D eigenvalue weighted by atomic mass is 10.2. The van der Waals surface area contributed by atoms with Crippen molar-refractivity contribution >= 4 is 34.3 Å². The first kappa shape index (κ1) is 20.8. The van der Waals surface area contributed by atoms with Crippen molar-refractivity contribution in [3.05, 3.63) is 40.9 Å². The van der Waals surface area contributed by atoms with Crippen LogP contribution in [0.25, 0.3) is 0 Å². The van der Waals surface area contributed by atoms with Crippen LogP contribution in [0.5, 0.6) is 0 Å². The third-order valence-electron chi connectivity index (χ3n) is 4.46. The normalized spacial score (nSPS) is 14.0. The second kappa shape index (κ2) is 10.5. The number of hydrogen-bond donors (Lipinski definition) is 1. The molecule has 8 nitrogen and oxygen atoms in total. The van der Waals surface area contributed by atoms with Crippen LogP contribution in [0.1, 0.15) is 17.7 Å². The minimum absolute atomic E-state index is 0.195. The Kier molecular flexibility index (Phi) is 7.55. The van der Waals surface area contributed by atoms with E-state index in [-0.39, 0.29) is 12.3 Å². The van der Waals surface area contributed by atoms with Crippen LogP contribution in [0.3, 0.4) is 0 Å². The van der Waals surface area contributed by atoms with Gasteiger partial charge in [-0.15, -0.1) is 11.3 Å². The van der Waals surface area contributed by atoms with Crippen molar-refractivity contribution in [3.63, 3.8) is 0 Å². The molecule has 2 aromatic rings. The number of nitrogens with one attached hydrogen (secondary N) is 1. The second-order valence-corrected chi connectivity index (χ2v) is 7.45. The van der Waals surface area contributed by atoms with Crippen LogP contribution < -0.4 is 15.2 Å². The van der Waals surface area contributed by atoms with Crippen LogP contribution in [-0.4, -0.2) is 57.0 Å². The largest absolute Gasteiger partial charge is 0.378 e. The highest BCUT2D eigenvalue weighted by Gasteiger charge is 2.15. The number of carbonyl (C=O) groups excluding carboxylic acids is 1. The molecule has 1 N–H and O–H groups in total. The molecule has 1 fully saturated rings. The third kappa shape index (κ3) is 6.27. The topological polar surface area (TPSA) is 93.9 Å². The maximum atomic E-state index is 12.1. The zero-order valence-electron chi connectivity index (χ0n) is 16.4. The maximum absolute atomic E-state index is 12.1. The number of amides is 1. The molecule has 0 atom stereocenters. The van der Waals surface area contributed by atoms with E-state index in [2.05, 4.69) is 26.5 Å². The number of benzene rings is 1. The highest BCUT2D eigenvalue weighted by atomic mass is 32.1. The zero-order valence-corrected chi connectivity index (χ0v) is 17.2. The Balaban J connectivity index is 1.46. The van der Waals surface area contributed by atoms with Crippen molar-refractivity contribution in [3.8, 4) is 6.07 Å². The summed E-state index contributed by atoms with van der Waals surface area (Å²) < 4.78 is 5.35. The number of rotatable bonds is 8. The van der Waals surface area contributed by atoms with E-state index in [9.17, 15) is 4.79 Å². The quantitative estimate of drug-likeness (QED) is 0.527. The van der Waals surface area contributed by atoms with Crippen molar-refractivity contribution in [1.82, 2.24) is 10.4 Å². The van der Waals surface area contributed by atoms with Crippen molar-refractivity contribution in [2.24, 2.45) is 5.10 Å². The van der Waals surface area contributed by atoms with Crippen LogP contribution >= 0.6 is 11.3 Å². The number of hydrazone groups is 1. The molecule has 152 valence electrons. The van der Waals surface area contributed by atoms with Gasteiger partial charge >= 0.3 is 0 Å². The third-order valence-corrected chi connectivity index (χ3v) is 5.41. The Bertz CT molecular complexity index is 868. The Morgan fingerprint density at radius 1 is 1.41 bits per heavy atom. The Morgan fingerprint density at radius 2 is 2.17 bits per heavy atom. The van der Waals surface area contributed by atoms with Crippen LogP contribution in [0.15, 0.2) is 34.7 Å². The molecule has 0 spiro atoms. The lowest BCUT2D eigenvalue weighted by Crippen LogP contribution is -2.36. The number of carbonyl (C=O) groups is 1. The molecule has 9 heteroatoms. The molecule has 3 rings (SSSR count). The van der Waals surface area contributed by atoms with Crippen LogP contribution in [0.2, 0.25) is 0 Å². The molecule has 0 aliphatic carbocycles. The molecule has 1 aliphatic heterocycles. The smallest absolute Gasteiger partial charge is 0.246 e. The average Bonchev–Trinajstić information content (AvgIpc) is 3.21. The lowest BCUT2D eigenvalue weighted by molar-refractivity contribution is -0.120. The van der Waals surface area contributed by atoms with E-state index >= 15 is 0 Å². The van der Waals surface area contributed by atoms with Crippen molar-refractivity contribution < 1.29 is 9.53 Å². The monoisotopic (exact) mass is 412 g/mol. The molecular formula is C20H24N6O2S. The summed E-state index contributed by atoms with van der Waals surface area (Å²) in [6.07, 6.45) is 2.29. The van der Waals surface area contributed by atoms with Crippen LogP contribution in [-0.2, 0) is 16.0 Å². The molecular weight excluding hydrogens is 388 g/mol. The van der Waals surface area contributed by atoms with Crippen molar-refractivity contribution in [1.29, 1.82) is 5.26 Å². The molecule has 1 aromatic carbocycles. The summed E-state index contributed by atoms with van der Waals surface area (Å²) in [5.41, 5.74) is 5.20. The van der Waals surface area contributed by atoms with Crippen molar-refractivity contribution in [2.45, 2.75) is 12.8 Å². The fourth-order valence-corrected chi connectivity index (χ4v) is 3.70. The van der Waals surface area contributed by atoms with E-state index in [1.54, 1.807) is 17.6 Å². The highest BCUT2D eigenvalue weighted by molar-refractivity contribution is 7.13. The number of nitrogens with zero attached hydrogens (tertiary/aromatic N) is 5. The van der Waals surface area contributed by atoms with Gasteiger partial charge in [0.25, 0.3) is 0 Å². The van der Waals surface area contributed by atoms with Gasteiger partial charge in [0.05, 0.1) is 44.0 Å². The van der Waals surface area contributed by atoms with Gasteiger partial charge in [-0.2, -0.15) is 10.4 Å². The van der Waals surface area contributed by atoms with Crippen molar-refractivity contribution in [2.75, 3.05) is 49.7 Å². The SMILES string of the molecule is CN(CCC#N)c1ccc(/C=N\NC(=O)Cc2csc(N3CCOCC3)n2)cc1. The van der Waals surface area contributed by atoms with Gasteiger partial charge in [-0.05, 0) is 17.7 Å². The molecule has 1 amide bonds. The summed E-state index contributed by atoms with van der Waals surface area (Å²) >= 11 is 1.55. The van der Waals surface area contributed by atoms with Gasteiger partial charge in [0, 0.05) is 37.7 Å². The number of thiazole rings is 1. The van der Waals surface area contributed by atoms with Gasteiger partial charge in [-0.25, -0.2) is 10.4 Å². The summed E-state index contributed by atoms with van der Waals surface area (Å²) in [6, 6.07) is 9.90. The molecule has 1 aromatic heterocycles. The molecule has 0 unspecified atom stereocenters. The lowest BCUT2D eigenvalue weighted by Gasteiger charge is -2.26. The highest BCUT2D eigenvalue weighted by Crippen LogP contribution is 2.21.